The third-order valence-corrected chi connectivity index (χ3v) is 11.5. The Labute approximate surface area is 344 Å². The molecule has 0 saturated carbocycles. The second kappa shape index (κ2) is 13.8. The summed E-state index contributed by atoms with van der Waals surface area (Å²) < 4.78 is 12.8. The minimum Gasteiger partial charge on any atom is -0.456 e. The first-order valence-corrected chi connectivity index (χ1v) is 20.1. The number of pyridine rings is 1. The van der Waals surface area contributed by atoms with Crippen LogP contribution in [0.2, 0.25) is 0 Å². The lowest BCUT2D eigenvalue weighted by Gasteiger charge is -2.12. The summed E-state index contributed by atoms with van der Waals surface area (Å²) in [4.78, 5) is 15.8. The average Bonchev–Trinajstić information content (AvgIpc) is 3.90. The molecule has 0 aliphatic rings. The van der Waals surface area contributed by atoms with E-state index in [1.54, 1.807) is 0 Å². The Morgan fingerprint density at radius 3 is 1.67 bits per heavy atom. The molecule has 8 aromatic carbocycles. The number of rotatable bonds is 6. The number of furan rings is 2. The molecule has 0 bridgehead atoms. The fraction of sp³-hybridized carbons (Fsp3) is 0. The highest BCUT2D eigenvalue weighted by atomic mass is 16.3. The molecule has 5 heteroatoms. The SMILES string of the molecule is c1ccc(-c2cccc(-c3ccc4c(c3)nc(-c3cccc(-c5nc(-c6ccccc6)cc(-c6ccc7oc8ccccc8c7c6)n5)c3)c3oc5ccccc5c34)c2)cc1. The Morgan fingerprint density at radius 1 is 0.300 bits per heavy atom. The normalized spacial score (nSPS) is 11.7. The van der Waals surface area contributed by atoms with Gasteiger partial charge in [-0.25, -0.2) is 15.0 Å². The lowest BCUT2D eigenvalue weighted by Crippen LogP contribution is -1.96. The van der Waals surface area contributed by atoms with Crippen LogP contribution >= 0.6 is 0 Å². The zero-order valence-electron chi connectivity index (χ0n) is 32.2. The fourth-order valence-electron chi connectivity index (χ4n) is 8.54. The van der Waals surface area contributed by atoms with Gasteiger partial charge >= 0.3 is 0 Å². The maximum atomic E-state index is 6.68. The second-order valence-corrected chi connectivity index (χ2v) is 15.2. The molecule has 0 spiro atoms. The fourth-order valence-corrected chi connectivity index (χ4v) is 8.54. The first-order chi connectivity index (χ1) is 29.7. The van der Waals surface area contributed by atoms with E-state index in [9.17, 15) is 0 Å². The molecular weight excluding hydrogens is 735 g/mol. The summed E-state index contributed by atoms with van der Waals surface area (Å²) in [6, 6.07) is 69.1. The molecule has 0 radical (unpaired) electrons. The Morgan fingerprint density at radius 2 is 0.867 bits per heavy atom. The zero-order chi connectivity index (χ0) is 39.6. The lowest BCUT2D eigenvalue weighted by molar-refractivity contribution is 0.668. The summed E-state index contributed by atoms with van der Waals surface area (Å²) in [5.74, 6) is 0.618. The van der Waals surface area contributed by atoms with Crippen molar-refractivity contribution in [2.45, 2.75) is 0 Å². The van der Waals surface area contributed by atoms with Crippen molar-refractivity contribution < 1.29 is 8.83 Å². The van der Waals surface area contributed by atoms with Crippen LogP contribution < -0.4 is 0 Å². The molecule has 12 aromatic rings. The highest BCUT2D eigenvalue weighted by molar-refractivity contribution is 6.21. The van der Waals surface area contributed by atoms with Crippen LogP contribution in [-0.2, 0) is 0 Å². The van der Waals surface area contributed by atoms with E-state index in [2.05, 4.69) is 140 Å². The van der Waals surface area contributed by atoms with Crippen LogP contribution in [0.5, 0.6) is 0 Å². The van der Waals surface area contributed by atoms with Gasteiger partial charge in [0.2, 0.25) is 0 Å². The molecule has 12 rings (SSSR count). The van der Waals surface area contributed by atoms with E-state index in [1.165, 1.54) is 11.1 Å². The molecule has 0 fully saturated rings. The van der Waals surface area contributed by atoms with Gasteiger partial charge < -0.3 is 8.83 Å². The van der Waals surface area contributed by atoms with E-state index in [-0.39, 0.29) is 0 Å². The van der Waals surface area contributed by atoms with E-state index in [0.717, 1.165) is 105 Å². The Hall–Kier alpha value is -8.15. The maximum absolute atomic E-state index is 6.68. The van der Waals surface area contributed by atoms with Gasteiger partial charge in [0.15, 0.2) is 11.4 Å². The minimum absolute atomic E-state index is 0.618. The van der Waals surface area contributed by atoms with Crippen molar-refractivity contribution >= 4 is 54.8 Å². The summed E-state index contributed by atoms with van der Waals surface area (Å²) in [7, 11) is 0. The van der Waals surface area contributed by atoms with E-state index in [0.29, 0.717) is 5.82 Å². The van der Waals surface area contributed by atoms with Crippen molar-refractivity contribution in [2.24, 2.45) is 0 Å². The first kappa shape index (κ1) is 33.9. The summed E-state index contributed by atoms with van der Waals surface area (Å²) >= 11 is 0. The van der Waals surface area contributed by atoms with Gasteiger partial charge in [0.25, 0.3) is 0 Å². The molecule has 0 atom stereocenters. The van der Waals surface area contributed by atoms with Crippen molar-refractivity contribution in [2.75, 3.05) is 0 Å². The van der Waals surface area contributed by atoms with Crippen LogP contribution in [0.1, 0.15) is 0 Å². The number of fused-ring (bicyclic) bond motifs is 8. The molecule has 5 nitrogen and oxygen atoms in total. The van der Waals surface area contributed by atoms with Crippen molar-refractivity contribution in [3.8, 4) is 67.4 Å². The maximum Gasteiger partial charge on any atom is 0.162 e. The molecule has 0 unspecified atom stereocenters. The Balaban J connectivity index is 1.03. The molecule has 280 valence electrons. The van der Waals surface area contributed by atoms with Crippen molar-refractivity contribution in [3.63, 3.8) is 0 Å². The van der Waals surface area contributed by atoms with Gasteiger partial charge in [0.1, 0.15) is 22.4 Å². The Kier molecular flexibility index (Phi) is 7.78. The monoisotopic (exact) mass is 767 g/mol. The summed E-state index contributed by atoms with van der Waals surface area (Å²) in [6.07, 6.45) is 0. The van der Waals surface area contributed by atoms with E-state index >= 15 is 0 Å². The van der Waals surface area contributed by atoms with Crippen LogP contribution in [0.4, 0.5) is 0 Å². The topological polar surface area (TPSA) is 65.0 Å². The molecule has 4 aromatic heterocycles. The first-order valence-electron chi connectivity index (χ1n) is 20.1. The van der Waals surface area contributed by atoms with Crippen molar-refractivity contribution in [3.05, 3.63) is 200 Å². The molecular formula is C55H33N3O2. The van der Waals surface area contributed by atoms with Crippen LogP contribution in [0.25, 0.3) is 122 Å². The van der Waals surface area contributed by atoms with Crippen LogP contribution in [0, 0.1) is 0 Å². The van der Waals surface area contributed by atoms with Gasteiger partial charge in [0, 0.05) is 49.2 Å². The molecule has 0 N–H and O–H groups in total. The van der Waals surface area contributed by atoms with Crippen LogP contribution in [0.3, 0.4) is 0 Å². The molecule has 0 aliphatic heterocycles. The van der Waals surface area contributed by atoms with Crippen molar-refractivity contribution in [1.29, 1.82) is 0 Å². The van der Waals surface area contributed by atoms with Crippen molar-refractivity contribution in [1.82, 2.24) is 15.0 Å². The smallest absolute Gasteiger partial charge is 0.162 e. The molecule has 4 heterocycles. The summed E-state index contributed by atoms with van der Waals surface area (Å²) in [5, 5.41) is 5.28. The third-order valence-electron chi connectivity index (χ3n) is 11.5. The number of para-hydroxylation sites is 2. The van der Waals surface area contributed by atoms with Crippen LogP contribution in [0.15, 0.2) is 209 Å². The van der Waals surface area contributed by atoms with E-state index in [4.69, 9.17) is 23.8 Å². The Bertz CT molecular complexity index is 3610. The number of nitrogens with zero attached hydrogens (tertiary/aromatic N) is 3. The van der Waals surface area contributed by atoms with E-state index in [1.807, 2.05) is 60.7 Å². The molecule has 0 saturated heterocycles. The number of aromatic nitrogens is 3. The number of benzene rings is 8. The predicted octanol–water partition coefficient (Wildman–Crippen LogP) is 14.8. The molecule has 0 aliphatic carbocycles. The van der Waals surface area contributed by atoms with Gasteiger partial charge in [0.05, 0.1) is 16.9 Å². The largest absolute Gasteiger partial charge is 0.456 e. The molecule has 60 heavy (non-hydrogen) atoms. The third kappa shape index (κ3) is 5.75. The van der Waals surface area contributed by atoms with Gasteiger partial charge in [-0.05, 0) is 76.9 Å². The minimum atomic E-state index is 0.618. The molecule has 0 amide bonds. The highest BCUT2D eigenvalue weighted by Crippen LogP contribution is 2.41. The summed E-state index contributed by atoms with van der Waals surface area (Å²) in [6.45, 7) is 0. The lowest BCUT2D eigenvalue weighted by atomic mass is 9.96. The van der Waals surface area contributed by atoms with Crippen LogP contribution in [-0.4, -0.2) is 15.0 Å². The van der Waals surface area contributed by atoms with Gasteiger partial charge in [-0.15, -0.1) is 0 Å². The quantitative estimate of drug-likeness (QED) is 0.169. The summed E-state index contributed by atoms with van der Waals surface area (Å²) in [5.41, 5.74) is 15.0. The highest BCUT2D eigenvalue weighted by Gasteiger charge is 2.20. The average molecular weight is 768 g/mol. The van der Waals surface area contributed by atoms with Gasteiger partial charge in [-0.3, -0.25) is 0 Å². The van der Waals surface area contributed by atoms with E-state index < -0.39 is 0 Å². The predicted molar refractivity (Wildman–Crippen MR) is 245 cm³/mol. The van der Waals surface area contributed by atoms with Gasteiger partial charge in [-0.2, -0.15) is 0 Å². The number of hydrogen-bond donors (Lipinski definition) is 0. The van der Waals surface area contributed by atoms with Gasteiger partial charge in [-0.1, -0.05) is 146 Å². The second-order valence-electron chi connectivity index (χ2n) is 15.2. The zero-order valence-corrected chi connectivity index (χ0v) is 32.2. The number of hydrogen-bond acceptors (Lipinski definition) is 5. The standard InChI is InChI=1S/C55H33N3O2/c1-3-13-34(14-4-1)36-17-11-18-37(29-36)38-25-27-43-48(32-38)56-53(54-52(43)44-22-8-10-24-50(44)60-54)40-19-12-20-41(30-40)55-57-46(35-15-5-2-6-16-35)33-47(58-55)39-26-28-51-45(31-39)42-21-7-9-23-49(42)59-51/h1-33H.